The quantitative estimate of drug-likeness (QED) is 0.229. The van der Waals surface area contributed by atoms with Crippen molar-refractivity contribution in [2.45, 2.75) is 18.6 Å². The summed E-state index contributed by atoms with van der Waals surface area (Å²) < 4.78 is 1.99. The molecule has 1 amide bonds. The lowest BCUT2D eigenvalue weighted by Crippen LogP contribution is -2.15. The Hall–Kier alpha value is -2.87. The third kappa shape index (κ3) is 4.80. The van der Waals surface area contributed by atoms with Crippen molar-refractivity contribution < 1.29 is 4.79 Å². The first-order valence-corrected chi connectivity index (χ1v) is 12.2. The number of benzene rings is 2. The van der Waals surface area contributed by atoms with Gasteiger partial charge in [-0.3, -0.25) is 9.36 Å². The van der Waals surface area contributed by atoms with Gasteiger partial charge in [-0.2, -0.15) is 0 Å². The van der Waals surface area contributed by atoms with Gasteiger partial charge in [0.1, 0.15) is 0 Å². The molecule has 0 spiro atoms. The van der Waals surface area contributed by atoms with E-state index in [0.29, 0.717) is 22.4 Å². The van der Waals surface area contributed by atoms with Gasteiger partial charge >= 0.3 is 0 Å². The van der Waals surface area contributed by atoms with Gasteiger partial charge in [0.25, 0.3) is 0 Å². The highest BCUT2D eigenvalue weighted by Crippen LogP contribution is 2.39. The van der Waals surface area contributed by atoms with E-state index < -0.39 is 0 Å². The first-order valence-electron chi connectivity index (χ1n) is 9.93. The lowest BCUT2D eigenvalue weighted by molar-refractivity contribution is -0.113. The fourth-order valence-corrected chi connectivity index (χ4v) is 5.14. The van der Waals surface area contributed by atoms with Crippen LogP contribution < -0.4 is 5.32 Å². The number of aromatic nitrogens is 3. The highest BCUT2D eigenvalue weighted by molar-refractivity contribution is 7.99. The Balaban J connectivity index is 1.58. The van der Waals surface area contributed by atoms with Crippen molar-refractivity contribution in [2.24, 2.45) is 0 Å². The summed E-state index contributed by atoms with van der Waals surface area (Å²) in [4.78, 5) is 13.7. The number of hydrogen-bond donors (Lipinski definition) is 1. The molecule has 0 fully saturated rings. The molecule has 4 rings (SSSR count). The number of carbonyl (C=O) groups excluding carboxylic acids is 1. The van der Waals surface area contributed by atoms with E-state index in [9.17, 15) is 4.79 Å². The molecule has 0 aliphatic rings. The molecule has 2 aromatic carbocycles. The van der Waals surface area contributed by atoms with Crippen molar-refractivity contribution >= 4 is 46.3 Å². The van der Waals surface area contributed by atoms with E-state index in [1.165, 1.54) is 16.6 Å². The van der Waals surface area contributed by atoms with E-state index in [0.717, 1.165) is 22.5 Å². The second kappa shape index (κ2) is 10.2. The van der Waals surface area contributed by atoms with Gasteiger partial charge in [0.2, 0.25) is 5.91 Å². The molecule has 0 saturated heterocycles. The molecule has 0 unspecified atom stereocenters. The van der Waals surface area contributed by atoms with Gasteiger partial charge in [-0.1, -0.05) is 71.9 Å². The molecule has 2 aromatic heterocycles. The number of rotatable bonds is 8. The first kappa shape index (κ1) is 22.3. The van der Waals surface area contributed by atoms with Gasteiger partial charge in [0.15, 0.2) is 11.0 Å². The minimum atomic E-state index is -0.158. The predicted octanol–water partition coefficient (Wildman–Crippen LogP) is 6.55. The maximum atomic E-state index is 12.5. The molecular weight excluding hydrogens is 460 g/mol. The Morgan fingerprint density at radius 1 is 1.19 bits per heavy atom. The molecule has 0 aliphatic carbocycles. The molecule has 0 saturated carbocycles. The summed E-state index contributed by atoms with van der Waals surface area (Å²) in [6, 6.07) is 17.4. The van der Waals surface area contributed by atoms with Crippen LogP contribution in [0.1, 0.15) is 4.88 Å². The van der Waals surface area contributed by atoms with Crippen molar-refractivity contribution in [3.63, 3.8) is 0 Å². The predicted molar refractivity (Wildman–Crippen MR) is 135 cm³/mol. The summed E-state index contributed by atoms with van der Waals surface area (Å²) >= 11 is 9.15. The molecule has 4 aromatic rings. The Labute approximate surface area is 200 Å². The summed E-state index contributed by atoms with van der Waals surface area (Å²) in [5.74, 6) is 0.797. The number of anilines is 1. The molecule has 1 N–H and O–H groups in total. The maximum Gasteiger partial charge on any atom is 0.234 e. The minimum absolute atomic E-state index is 0.158. The zero-order chi connectivity index (χ0) is 22.5. The number of allylic oxidation sites excluding steroid dienone is 1. The van der Waals surface area contributed by atoms with Crippen LogP contribution in [0.4, 0.5) is 5.69 Å². The van der Waals surface area contributed by atoms with Crippen molar-refractivity contribution in [1.82, 2.24) is 14.8 Å². The molecule has 0 bridgehead atoms. The summed E-state index contributed by atoms with van der Waals surface area (Å²) in [5.41, 5.74) is 3.92. The Bertz CT molecular complexity index is 1250. The zero-order valence-corrected chi connectivity index (χ0v) is 19.8. The van der Waals surface area contributed by atoms with Crippen molar-refractivity contribution in [2.75, 3.05) is 11.1 Å². The van der Waals surface area contributed by atoms with Crippen LogP contribution in [-0.2, 0) is 11.3 Å². The van der Waals surface area contributed by atoms with Crippen LogP contribution in [0.15, 0.2) is 77.8 Å². The van der Waals surface area contributed by atoms with Gasteiger partial charge in [-0.25, -0.2) is 0 Å². The topological polar surface area (TPSA) is 59.8 Å². The lowest BCUT2D eigenvalue weighted by Gasteiger charge is -2.10. The molecule has 32 heavy (non-hydrogen) atoms. The van der Waals surface area contributed by atoms with E-state index in [-0.39, 0.29) is 11.7 Å². The standard InChI is InChI=1S/C24H21ClN4OS2/c1-3-13-29-23(18-14-31-16(2)22(18)17-9-5-4-6-10-17)27-28-24(29)32-15-21(30)26-20-12-8-7-11-19(20)25/h3-12,14H,1,13,15H2,2H3,(H,26,30). The number of halogens is 1. The molecule has 0 aliphatic heterocycles. The van der Waals surface area contributed by atoms with E-state index >= 15 is 0 Å². The second-order valence-corrected chi connectivity index (χ2v) is 9.40. The normalized spacial score (nSPS) is 10.8. The monoisotopic (exact) mass is 480 g/mol. The van der Waals surface area contributed by atoms with Crippen LogP contribution >= 0.6 is 34.7 Å². The summed E-state index contributed by atoms with van der Waals surface area (Å²) in [7, 11) is 0. The number of amides is 1. The number of hydrogen-bond acceptors (Lipinski definition) is 5. The summed E-state index contributed by atoms with van der Waals surface area (Å²) in [5, 5.41) is 15.0. The first-order chi connectivity index (χ1) is 15.6. The fourth-order valence-electron chi connectivity index (χ4n) is 3.35. The van der Waals surface area contributed by atoms with Crippen molar-refractivity contribution in [1.29, 1.82) is 0 Å². The van der Waals surface area contributed by atoms with Gasteiger partial charge in [-0.05, 0) is 24.6 Å². The highest BCUT2D eigenvalue weighted by Gasteiger charge is 2.20. The molecule has 0 radical (unpaired) electrons. The Kier molecular flexibility index (Phi) is 7.09. The Morgan fingerprint density at radius 3 is 2.69 bits per heavy atom. The minimum Gasteiger partial charge on any atom is -0.324 e. The smallest absolute Gasteiger partial charge is 0.234 e. The SMILES string of the molecule is C=CCn1c(SCC(=O)Nc2ccccc2Cl)nnc1-c1csc(C)c1-c1ccccc1. The molecular formula is C24H21ClN4OS2. The van der Waals surface area contributed by atoms with Gasteiger partial charge in [-0.15, -0.1) is 28.1 Å². The average Bonchev–Trinajstić information content (AvgIpc) is 3.37. The summed E-state index contributed by atoms with van der Waals surface area (Å²) in [6.45, 7) is 6.53. The van der Waals surface area contributed by atoms with E-state index in [1.54, 1.807) is 23.5 Å². The van der Waals surface area contributed by atoms with Crippen LogP contribution in [0, 0.1) is 6.92 Å². The molecule has 8 heteroatoms. The van der Waals surface area contributed by atoms with E-state index in [2.05, 4.69) is 46.5 Å². The Morgan fingerprint density at radius 2 is 1.94 bits per heavy atom. The molecule has 2 heterocycles. The number of nitrogens with one attached hydrogen (secondary N) is 1. The van der Waals surface area contributed by atoms with Crippen LogP contribution in [0.5, 0.6) is 0 Å². The zero-order valence-electron chi connectivity index (χ0n) is 17.4. The lowest BCUT2D eigenvalue weighted by atomic mass is 10.0. The third-order valence-corrected chi connectivity index (χ3v) is 6.99. The van der Waals surface area contributed by atoms with Crippen molar-refractivity contribution in [3.8, 4) is 22.5 Å². The van der Waals surface area contributed by atoms with Crippen LogP contribution in [0.3, 0.4) is 0 Å². The number of thioether (sulfide) groups is 1. The molecule has 5 nitrogen and oxygen atoms in total. The average molecular weight is 481 g/mol. The molecule has 0 atom stereocenters. The second-order valence-electron chi connectivity index (χ2n) is 6.97. The number of thiophene rings is 1. The fraction of sp³-hybridized carbons (Fsp3) is 0.125. The maximum absolute atomic E-state index is 12.5. The van der Waals surface area contributed by atoms with E-state index in [1.807, 2.05) is 41.0 Å². The van der Waals surface area contributed by atoms with Gasteiger partial charge < -0.3 is 5.32 Å². The summed E-state index contributed by atoms with van der Waals surface area (Å²) in [6.07, 6.45) is 1.81. The number of aryl methyl sites for hydroxylation is 1. The number of nitrogens with zero attached hydrogens (tertiary/aromatic N) is 3. The van der Waals surface area contributed by atoms with Gasteiger partial charge in [0.05, 0.1) is 16.5 Å². The van der Waals surface area contributed by atoms with Gasteiger partial charge in [0, 0.05) is 27.9 Å². The third-order valence-electron chi connectivity index (χ3n) is 4.79. The largest absolute Gasteiger partial charge is 0.324 e. The van der Waals surface area contributed by atoms with E-state index in [4.69, 9.17) is 11.6 Å². The van der Waals surface area contributed by atoms with Crippen molar-refractivity contribution in [3.05, 3.63) is 82.5 Å². The molecule has 162 valence electrons. The highest BCUT2D eigenvalue weighted by atomic mass is 35.5. The van der Waals surface area contributed by atoms with Crippen LogP contribution in [-0.4, -0.2) is 26.4 Å². The number of para-hydroxylation sites is 1. The van der Waals surface area contributed by atoms with Crippen LogP contribution in [0.2, 0.25) is 5.02 Å². The van der Waals surface area contributed by atoms with Crippen LogP contribution in [0.25, 0.3) is 22.5 Å². The number of carbonyl (C=O) groups is 1.